The minimum Gasteiger partial charge on any atom is -0.455 e. The predicted octanol–water partition coefficient (Wildman–Crippen LogP) is 3.62. The molecule has 0 aliphatic carbocycles. The average molecular weight is 858 g/mol. The predicted molar refractivity (Wildman–Crippen MR) is 214 cm³/mol. The van der Waals surface area contributed by atoms with E-state index in [1.807, 2.05) is 17.9 Å². The van der Waals surface area contributed by atoms with Crippen molar-refractivity contribution in [1.29, 1.82) is 5.26 Å². The topological polar surface area (TPSA) is 217 Å². The lowest BCUT2D eigenvalue weighted by atomic mass is 9.73. The van der Waals surface area contributed by atoms with Gasteiger partial charge >= 0.3 is 12.1 Å². The Morgan fingerprint density at radius 2 is 1.85 bits per heavy atom. The van der Waals surface area contributed by atoms with E-state index in [4.69, 9.17) is 28.9 Å². The molecule has 5 heterocycles. The summed E-state index contributed by atoms with van der Waals surface area (Å²) in [6, 6.07) is 4.19. The molecule has 0 radical (unpaired) electrons. The van der Waals surface area contributed by atoms with Crippen LogP contribution in [0.3, 0.4) is 0 Å². The molecule has 3 aliphatic rings. The number of nitrogens with one attached hydrogen (secondary N) is 1. The second kappa shape index (κ2) is 18.7. The van der Waals surface area contributed by atoms with Crippen molar-refractivity contribution >= 4 is 35.0 Å². The number of rotatable bonds is 9. The molecule has 2 aromatic heterocycles. The number of fused-ring (bicyclic) bond motifs is 1. The van der Waals surface area contributed by atoms with E-state index < -0.39 is 95.3 Å². The number of aliphatic hydroxyl groups is 1. The Labute approximate surface area is 353 Å². The van der Waals surface area contributed by atoms with Gasteiger partial charge in [0.2, 0.25) is 5.82 Å². The van der Waals surface area contributed by atoms with Gasteiger partial charge in [-0.25, -0.2) is 14.0 Å². The van der Waals surface area contributed by atoms with Gasteiger partial charge in [-0.05, 0) is 78.4 Å². The van der Waals surface area contributed by atoms with Crippen LogP contribution in [0.15, 0.2) is 12.1 Å². The smallest absolute Gasteiger partial charge is 0.408 e. The van der Waals surface area contributed by atoms with Gasteiger partial charge in [-0.3, -0.25) is 9.59 Å². The summed E-state index contributed by atoms with van der Waals surface area (Å²) in [6.07, 6.45) is -5.78. The van der Waals surface area contributed by atoms with Crippen LogP contribution >= 0.6 is 11.3 Å². The van der Waals surface area contributed by atoms with Crippen molar-refractivity contribution in [2.75, 3.05) is 20.7 Å². The summed E-state index contributed by atoms with van der Waals surface area (Å²) in [5, 5.41) is 35.5. The highest BCUT2D eigenvalue weighted by atomic mass is 32.1. The summed E-state index contributed by atoms with van der Waals surface area (Å²) in [4.78, 5) is 59.8. The molecule has 2 N–H and O–H groups in total. The first-order chi connectivity index (χ1) is 28.2. The highest BCUT2D eigenvalue weighted by Crippen LogP contribution is 2.41. The van der Waals surface area contributed by atoms with Crippen molar-refractivity contribution in [3.63, 3.8) is 0 Å². The standard InChI is InChI=1S/C41H56FN7O10S/c1-11-29-41(8)32(44-38(54)59-41)24(4)30(50)22(2)21-39(6,55-19-12-14-26-15-16-28(60-26)35-45-47-49(46-35)18-13-17-43)34(25(5)33(52)40(7,42)37(53)57-29)58-36-31(51)27(48(9)10)20-23(3)56-36/h15-16,22-25,27,29,31-32,34,36,51H,11,13,18-21H2,1-10H3,(H,44,54)/t22-,23-,24+,25+,27+,29-,31-,32-,34-,36+,39+,40+,41-/m1/s1. The molecule has 3 fully saturated rings. The zero-order valence-electron chi connectivity index (χ0n) is 35.8. The Hall–Kier alpha value is -4.37. The molecule has 1 amide bonds. The Morgan fingerprint density at radius 1 is 1.13 bits per heavy atom. The van der Waals surface area contributed by atoms with Gasteiger partial charge in [0.05, 0.1) is 52.6 Å². The molecule has 5 rings (SSSR count). The summed E-state index contributed by atoms with van der Waals surface area (Å²) < 4.78 is 47.5. The number of nitriles is 1. The number of carbonyl (C=O) groups excluding carboxylic acids is 4. The number of carbonyl (C=O) groups is 4. The van der Waals surface area contributed by atoms with Gasteiger partial charge in [-0.15, -0.1) is 21.5 Å². The van der Waals surface area contributed by atoms with Crippen LogP contribution in [0, 0.1) is 40.9 Å². The number of thiophene rings is 1. The molecular formula is C41H56FN7O10S. The van der Waals surface area contributed by atoms with Crippen molar-refractivity contribution in [2.24, 2.45) is 17.8 Å². The molecule has 2 aromatic rings. The number of aromatic nitrogens is 4. The first kappa shape index (κ1) is 46.7. The Kier molecular flexibility index (Phi) is 14.6. The number of Topliss-reactive ketones (excluding diaryl/α,β-unsaturated/α-hetero) is 2. The van der Waals surface area contributed by atoms with Gasteiger partial charge in [0.25, 0.3) is 5.67 Å². The van der Waals surface area contributed by atoms with Crippen LogP contribution in [0.2, 0.25) is 0 Å². The molecule has 19 heteroatoms. The Bertz CT molecular complexity index is 2010. The number of aliphatic hydroxyl groups excluding tert-OH is 1. The van der Waals surface area contributed by atoms with E-state index in [-0.39, 0.29) is 31.7 Å². The third-order valence-corrected chi connectivity index (χ3v) is 12.9. The monoisotopic (exact) mass is 857 g/mol. The lowest BCUT2D eigenvalue weighted by Gasteiger charge is -2.47. The summed E-state index contributed by atoms with van der Waals surface area (Å²) in [5.41, 5.74) is -6.45. The number of ketones is 2. The van der Waals surface area contributed by atoms with E-state index in [9.17, 15) is 24.3 Å². The fourth-order valence-electron chi connectivity index (χ4n) is 8.57. The minimum absolute atomic E-state index is 0.0689. The third kappa shape index (κ3) is 9.72. The van der Waals surface area contributed by atoms with Crippen LogP contribution in [0.4, 0.5) is 9.18 Å². The number of tetrazole rings is 1. The van der Waals surface area contributed by atoms with Crippen LogP contribution in [0.1, 0.15) is 86.0 Å². The highest BCUT2D eigenvalue weighted by Gasteiger charge is 2.59. The fourth-order valence-corrected chi connectivity index (χ4v) is 9.37. The molecular weight excluding hydrogens is 802 g/mol. The van der Waals surface area contributed by atoms with Crippen molar-refractivity contribution in [3.8, 4) is 28.6 Å². The van der Waals surface area contributed by atoms with Gasteiger partial charge in [0.1, 0.15) is 24.6 Å². The lowest BCUT2D eigenvalue weighted by molar-refractivity contribution is -0.296. The number of hydrogen-bond acceptors (Lipinski definition) is 16. The van der Waals surface area contributed by atoms with Gasteiger partial charge in [-0.2, -0.15) is 10.1 Å². The minimum atomic E-state index is -3.23. The van der Waals surface area contributed by atoms with E-state index in [0.29, 0.717) is 28.5 Å². The molecule has 17 nitrogen and oxygen atoms in total. The van der Waals surface area contributed by atoms with Crippen molar-refractivity contribution < 1.29 is 52.4 Å². The number of ether oxygens (including phenoxy) is 5. The van der Waals surface area contributed by atoms with Crippen molar-refractivity contribution in [1.82, 2.24) is 30.4 Å². The molecule has 0 saturated carbocycles. The molecule has 328 valence electrons. The number of halogens is 1. The largest absolute Gasteiger partial charge is 0.455 e. The van der Waals surface area contributed by atoms with Crippen molar-refractivity contribution in [2.45, 2.75) is 147 Å². The maximum Gasteiger partial charge on any atom is 0.408 e. The second-order valence-corrected chi connectivity index (χ2v) is 17.8. The lowest BCUT2D eigenvalue weighted by Crippen LogP contribution is -2.61. The molecule has 0 bridgehead atoms. The highest BCUT2D eigenvalue weighted by molar-refractivity contribution is 7.15. The van der Waals surface area contributed by atoms with E-state index in [1.54, 1.807) is 53.9 Å². The normalized spacial score (nSPS) is 36.6. The number of cyclic esters (lactones) is 1. The third-order valence-electron chi connectivity index (χ3n) is 11.9. The van der Waals surface area contributed by atoms with Crippen LogP contribution < -0.4 is 5.32 Å². The summed E-state index contributed by atoms with van der Waals surface area (Å²) in [7, 11) is 3.61. The summed E-state index contributed by atoms with van der Waals surface area (Å²) in [5.74, 6) is 0.229. The molecule has 3 saturated heterocycles. The summed E-state index contributed by atoms with van der Waals surface area (Å²) in [6.45, 7) is 12.2. The fraction of sp³-hybridized carbons (Fsp3) is 0.707. The molecule has 0 spiro atoms. The zero-order valence-corrected chi connectivity index (χ0v) is 36.6. The first-order valence-electron chi connectivity index (χ1n) is 20.2. The Morgan fingerprint density at radius 3 is 2.52 bits per heavy atom. The van der Waals surface area contributed by atoms with E-state index in [1.165, 1.54) is 30.0 Å². The van der Waals surface area contributed by atoms with Gasteiger partial charge in [0.15, 0.2) is 17.7 Å². The molecule has 60 heavy (non-hydrogen) atoms. The van der Waals surface area contributed by atoms with Crippen LogP contribution in [-0.2, 0) is 44.6 Å². The summed E-state index contributed by atoms with van der Waals surface area (Å²) >= 11 is 1.30. The number of likely N-dealkylation sites (N-methyl/N-ethyl adjacent to an activating group) is 1. The maximum atomic E-state index is 16.9. The van der Waals surface area contributed by atoms with Crippen LogP contribution in [0.25, 0.3) is 10.7 Å². The molecule has 3 aliphatic heterocycles. The van der Waals surface area contributed by atoms with E-state index >= 15 is 4.39 Å². The van der Waals surface area contributed by atoms with Crippen LogP contribution in [0.5, 0.6) is 0 Å². The van der Waals surface area contributed by atoms with Gasteiger partial charge < -0.3 is 39.0 Å². The molecule has 0 aromatic carbocycles. The maximum absolute atomic E-state index is 16.9. The quantitative estimate of drug-likeness (QED) is 0.209. The second-order valence-electron chi connectivity index (χ2n) is 16.8. The van der Waals surface area contributed by atoms with Crippen LogP contribution in [-0.4, -0.2) is 134 Å². The molecule has 13 atom stereocenters. The number of amides is 1. The zero-order chi connectivity index (χ0) is 44.3. The number of alkyl carbamates (subject to hydrolysis) is 1. The van der Waals surface area contributed by atoms with E-state index in [0.717, 1.165) is 6.92 Å². The first-order valence-corrected chi connectivity index (χ1v) is 21.0. The number of nitrogens with zero attached hydrogens (tertiary/aromatic N) is 6. The van der Waals surface area contributed by atoms with Crippen molar-refractivity contribution in [3.05, 3.63) is 17.0 Å². The number of hydrogen-bond donors (Lipinski definition) is 2. The SMILES string of the molecule is CC[C@H]1OC(=O)[C@@](C)(F)C(=O)[C@H](C)[C@@H](O[C@@H]2O[C@H](C)C[C@H](N(C)C)[C@H]2O)[C@@](C)(OCC#Cc2ccc(-c3nnn(CCC#N)n3)s2)C[C@@H](C)C(=O)[C@H](C)[C@H]2NC(=O)O[C@@]21C. The number of esters is 1. The van der Waals surface area contributed by atoms with Gasteiger partial charge in [-0.1, -0.05) is 39.5 Å². The number of aryl methyl sites for hydroxylation is 1. The number of alkyl halides is 1. The van der Waals surface area contributed by atoms with Gasteiger partial charge in [0, 0.05) is 23.8 Å². The molecule has 0 unspecified atom stereocenters. The van der Waals surface area contributed by atoms with E-state index in [2.05, 4.69) is 32.6 Å². The average Bonchev–Trinajstić information content (AvgIpc) is 3.95. The Balaban J connectivity index is 1.55.